The van der Waals surface area contributed by atoms with Crippen LogP contribution in [0.15, 0.2) is 12.7 Å². The molecular formula is C9H16N2O. The summed E-state index contributed by atoms with van der Waals surface area (Å²) in [6.45, 7) is 5.09. The normalized spacial score (nSPS) is 15.7. The quantitative estimate of drug-likeness (QED) is 0.446. The van der Waals surface area contributed by atoms with Gasteiger partial charge in [-0.3, -0.25) is 4.79 Å². The standard InChI is InChI=1S/C9H16N2O/c1-2-6-10-7-5-9(12)11-8-3-4-8/h2,8,10H,1,3-7H2,(H,11,12). The Bertz CT molecular complexity index is 164. The van der Waals surface area contributed by atoms with Crippen LogP contribution >= 0.6 is 0 Å². The molecule has 1 aliphatic rings. The molecule has 1 rings (SSSR count). The predicted molar refractivity (Wildman–Crippen MR) is 48.8 cm³/mol. The van der Waals surface area contributed by atoms with Gasteiger partial charge in [-0.05, 0) is 12.8 Å². The molecule has 0 aliphatic heterocycles. The summed E-state index contributed by atoms with van der Waals surface area (Å²) in [7, 11) is 0. The molecule has 3 heteroatoms. The summed E-state index contributed by atoms with van der Waals surface area (Å²) in [4.78, 5) is 11.1. The van der Waals surface area contributed by atoms with Crippen LogP contribution in [0.3, 0.4) is 0 Å². The number of amides is 1. The fourth-order valence-electron chi connectivity index (χ4n) is 0.934. The van der Waals surface area contributed by atoms with E-state index in [1.165, 1.54) is 0 Å². The molecule has 0 spiro atoms. The van der Waals surface area contributed by atoms with E-state index in [0.717, 1.165) is 25.9 Å². The summed E-state index contributed by atoms with van der Waals surface area (Å²) in [5, 5.41) is 6.01. The number of hydrogen-bond acceptors (Lipinski definition) is 2. The molecule has 0 aromatic rings. The van der Waals surface area contributed by atoms with Gasteiger partial charge in [-0.15, -0.1) is 6.58 Å². The zero-order valence-corrected chi connectivity index (χ0v) is 7.31. The van der Waals surface area contributed by atoms with Crippen LogP contribution in [-0.4, -0.2) is 25.0 Å². The highest BCUT2D eigenvalue weighted by atomic mass is 16.1. The summed E-state index contributed by atoms with van der Waals surface area (Å²) in [5.41, 5.74) is 0. The van der Waals surface area contributed by atoms with Gasteiger partial charge in [0.25, 0.3) is 0 Å². The topological polar surface area (TPSA) is 41.1 Å². The third-order valence-electron chi connectivity index (χ3n) is 1.76. The van der Waals surface area contributed by atoms with Crippen molar-refractivity contribution in [1.82, 2.24) is 10.6 Å². The molecule has 0 aromatic carbocycles. The summed E-state index contributed by atoms with van der Waals surface area (Å²) in [5.74, 6) is 0.161. The molecule has 1 amide bonds. The molecule has 0 saturated heterocycles. The maximum absolute atomic E-state index is 11.1. The molecular weight excluding hydrogens is 152 g/mol. The van der Waals surface area contributed by atoms with Crippen molar-refractivity contribution in [3.05, 3.63) is 12.7 Å². The van der Waals surface area contributed by atoms with Gasteiger partial charge in [0.1, 0.15) is 0 Å². The molecule has 0 radical (unpaired) electrons. The predicted octanol–water partition coefficient (Wildman–Crippen LogP) is 0.431. The average molecular weight is 168 g/mol. The molecule has 68 valence electrons. The van der Waals surface area contributed by atoms with Gasteiger partial charge in [-0.1, -0.05) is 6.08 Å². The molecule has 0 heterocycles. The second-order valence-corrected chi connectivity index (χ2v) is 3.08. The van der Waals surface area contributed by atoms with E-state index in [0.29, 0.717) is 12.5 Å². The van der Waals surface area contributed by atoms with Gasteiger partial charge >= 0.3 is 0 Å². The zero-order valence-electron chi connectivity index (χ0n) is 7.31. The second kappa shape index (κ2) is 4.93. The SMILES string of the molecule is C=CCNCCC(=O)NC1CC1. The Hall–Kier alpha value is -0.830. The highest BCUT2D eigenvalue weighted by Gasteiger charge is 2.22. The van der Waals surface area contributed by atoms with Crippen LogP contribution in [0.25, 0.3) is 0 Å². The number of carbonyl (C=O) groups excluding carboxylic acids is 1. The van der Waals surface area contributed by atoms with Crippen molar-refractivity contribution < 1.29 is 4.79 Å². The highest BCUT2D eigenvalue weighted by molar-refractivity contribution is 5.76. The Morgan fingerprint density at radius 2 is 2.33 bits per heavy atom. The van der Waals surface area contributed by atoms with Crippen molar-refractivity contribution in [3.8, 4) is 0 Å². The largest absolute Gasteiger partial charge is 0.353 e. The van der Waals surface area contributed by atoms with Crippen molar-refractivity contribution >= 4 is 5.91 Å². The average Bonchev–Trinajstić information content (AvgIpc) is 2.82. The Morgan fingerprint density at radius 3 is 2.92 bits per heavy atom. The van der Waals surface area contributed by atoms with E-state index >= 15 is 0 Å². The minimum Gasteiger partial charge on any atom is -0.353 e. The first-order chi connectivity index (χ1) is 5.83. The maximum Gasteiger partial charge on any atom is 0.221 e. The number of hydrogen-bond donors (Lipinski definition) is 2. The van der Waals surface area contributed by atoms with E-state index in [1.807, 2.05) is 0 Å². The van der Waals surface area contributed by atoms with Gasteiger partial charge in [0.2, 0.25) is 5.91 Å². The molecule has 0 bridgehead atoms. The number of nitrogens with one attached hydrogen (secondary N) is 2. The van der Waals surface area contributed by atoms with Crippen LogP contribution in [0.2, 0.25) is 0 Å². The van der Waals surface area contributed by atoms with Crippen LogP contribution in [0.5, 0.6) is 0 Å². The van der Waals surface area contributed by atoms with Crippen LogP contribution in [0.4, 0.5) is 0 Å². The first-order valence-electron chi connectivity index (χ1n) is 4.44. The van der Waals surface area contributed by atoms with E-state index in [4.69, 9.17) is 0 Å². The molecule has 0 unspecified atom stereocenters. The summed E-state index contributed by atoms with van der Waals surface area (Å²) in [6, 6.07) is 0.483. The van der Waals surface area contributed by atoms with Crippen LogP contribution < -0.4 is 10.6 Å². The van der Waals surface area contributed by atoms with Gasteiger partial charge < -0.3 is 10.6 Å². The first kappa shape index (κ1) is 9.26. The van der Waals surface area contributed by atoms with Crippen LogP contribution in [0.1, 0.15) is 19.3 Å². The Kier molecular flexibility index (Phi) is 3.80. The van der Waals surface area contributed by atoms with Gasteiger partial charge in [-0.2, -0.15) is 0 Å². The van der Waals surface area contributed by atoms with Crippen molar-refractivity contribution in [2.45, 2.75) is 25.3 Å². The van der Waals surface area contributed by atoms with Crippen molar-refractivity contribution in [2.24, 2.45) is 0 Å². The Morgan fingerprint density at radius 1 is 1.58 bits per heavy atom. The molecule has 1 saturated carbocycles. The summed E-state index contributed by atoms with van der Waals surface area (Å²) >= 11 is 0. The number of carbonyl (C=O) groups is 1. The van der Waals surface area contributed by atoms with E-state index in [2.05, 4.69) is 17.2 Å². The minimum atomic E-state index is 0.161. The van der Waals surface area contributed by atoms with Crippen LogP contribution in [0, 0.1) is 0 Å². The molecule has 0 atom stereocenters. The van der Waals surface area contributed by atoms with E-state index in [9.17, 15) is 4.79 Å². The monoisotopic (exact) mass is 168 g/mol. The lowest BCUT2D eigenvalue weighted by Crippen LogP contribution is -2.29. The van der Waals surface area contributed by atoms with Crippen LogP contribution in [-0.2, 0) is 4.79 Å². The minimum absolute atomic E-state index is 0.161. The number of rotatable bonds is 6. The van der Waals surface area contributed by atoms with E-state index < -0.39 is 0 Å². The van der Waals surface area contributed by atoms with Crippen molar-refractivity contribution in [1.29, 1.82) is 0 Å². The van der Waals surface area contributed by atoms with Crippen molar-refractivity contribution in [3.63, 3.8) is 0 Å². The molecule has 0 aromatic heterocycles. The lowest BCUT2D eigenvalue weighted by molar-refractivity contribution is -0.121. The van der Waals surface area contributed by atoms with E-state index in [1.54, 1.807) is 6.08 Å². The molecule has 3 nitrogen and oxygen atoms in total. The van der Waals surface area contributed by atoms with E-state index in [-0.39, 0.29) is 5.91 Å². The van der Waals surface area contributed by atoms with Crippen molar-refractivity contribution in [2.75, 3.05) is 13.1 Å². The highest BCUT2D eigenvalue weighted by Crippen LogP contribution is 2.18. The van der Waals surface area contributed by atoms with Gasteiger partial charge in [0.15, 0.2) is 0 Å². The van der Waals surface area contributed by atoms with Gasteiger partial charge in [0, 0.05) is 25.6 Å². The fraction of sp³-hybridized carbons (Fsp3) is 0.667. The maximum atomic E-state index is 11.1. The molecule has 1 fully saturated rings. The smallest absolute Gasteiger partial charge is 0.221 e. The molecule has 2 N–H and O–H groups in total. The fourth-order valence-corrected chi connectivity index (χ4v) is 0.934. The molecule has 12 heavy (non-hydrogen) atoms. The Labute approximate surface area is 73.2 Å². The van der Waals surface area contributed by atoms with Gasteiger partial charge in [-0.25, -0.2) is 0 Å². The third-order valence-corrected chi connectivity index (χ3v) is 1.76. The summed E-state index contributed by atoms with van der Waals surface area (Å²) in [6.07, 6.45) is 4.68. The zero-order chi connectivity index (χ0) is 8.81. The lowest BCUT2D eigenvalue weighted by atomic mass is 10.4. The van der Waals surface area contributed by atoms with Gasteiger partial charge in [0.05, 0.1) is 0 Å². The first-order valence-corrected chi connectivity index (χ1v) is 4.44. The molecule has 1 aliphatic carbocycles. The Balaban J connectivity index is 1.90. The summed E-state index contributed by atoms with van der Waals surface area (Å²) < 4.78 is 0. The second-order valence-electron chi connectivity index (χ2n) is 3.08. The lowest BCUT2D eigenvalue weighted by Gasteiger charge is -2.02. The third kappa shape index (κ3) is 4.13.